The average Bonchev–Trinajstić information content (AvgIpc) is 2.79. The Balaban J connectivity index is 0.00000243. The standard InChI is InChI=1S/C20H29N5.HI/c1-15-19(16(2)25(24-15)18-12-8-5-9-13-18)14-22-20(21)23-17-10-6-3-4-7-11-17;/h5,8-9,12-13,17H,3-4,6-7,10-11,14H2,1-2H3,(H3,21,22,23);1H. The summed E-state index contributed by atoms with van der Waals surface area (Å²) in [5.74, 6) is 0.554. The Labute approximate surface area is 173 Å². The SMILES string of the molecule is Cc1nn(-c2ccccc2)c(C)c1CN=C(N)NC1CCCCCC1.I. The molecule has 0 amide bonds. The first-order chi connectivity index (χ1) is 12.1. The van der Waals surface area contributed by atoms with E-state index in [1.807, 2.05) is 29.8 Å². The van der Waals surface area contributed by atoms with Gasteiger partial charge < -0.3 is 11.1 Å². The van der Waals surface area contributed by atoms with E-state index in [4.69, 9.17) is 5.73 Å². The molecule has 0 bridgehead atoms. The van der Waals surface area contributed by atoms with Crippen molar-refractivity contribution < 1.29 is 0 Å². The number of halogens is 1. The maximum atomic E-state index is 6.13. The van der Waals surface area contributed by atoms with E-state index in [1.54, 1.807) is 0 Å². The molecule has 0 unspecified atom stereocenters. The van der Waals surface area contributed by atoms with Crippen molar-refractivity contribution in [2.75, 3.05) is 0 Å². The number of nitrogens with one attached hydrogen (secondary N) is 1. The Morgan fingerprint density at radius 1 is 1.15 bits per heavy atom. The van der Waals surface area contributed by atoms with Gasteiger partial charge in [-0.2, -0.15) is 5.10 Å². The zero-order valence-electron chi connectivity index (χ0n) is 15.7. The van der Waals surface area contributed by atoms with E-state index in [-0.39, 0.29) is 24.0 Å². The summed E-state index contributed by atoms with van der Waals surface area (Å²) in [5.41, 5.74) is 10.5. The van der Waals surface area contributed by atoms with E-state index < -0.39 is 0 Å². The molecule has 1 aliphatic carbocycles. The van der Waals surface area contributed by atoms with Crippen LogP contribution in [0.5, 0.6) is 0 Å². The number of aryl methyl sites for hydroxylation is 1. The van der Waals surface area contributed by atoms with Crippen molar-refractivity contribution >= 4 is 29.9 Å². The molecule has 0 radical (unpaired) electrons. The lowest BCUT2D eigenvalue weighted by Gasteiger charge is -2.16. The summed E-state index contributed by atoms with van der Waals surface area (Å²) in [4.78, 5) is 4.58. The van der Waals surface area contributed by atoms with Crippen LogP contribution < -0.4 is 11.1 Å². The molecule has 0 aliphatic heterocycles. The Morgan fingerprint density at radius 3 is 2.46 bits per heavy atom. The lowest BCUT2D eigenvalue weighted by atomic mass is 10.1. The van der Waals surface area contributed by atoms with Gasteiger partial charge in [0.15, 0.2) is 5.96 Å². The molecular formula is C20H30IN5. The van der Waals surface area contributed by atoms with Crippen molar-refractivity contribution in [3.8, 4) is 5.69 Å². The maximum absolute atomic E-state index is 6.13. The van der Waals surface area contributed by atoms with Crippen LogP contribution in [0.15, 0.2) is 35.3 Å². The van der Waals surface area contributed by atoms with Crippen LogP contribution in [0.2, 0.25) is 0 Å². The molecule has 1 aliphatic rings. The fraction of sp³-hybridized carbons (Fsp3) is 0.500. The predicted octanol–water partition coefficient (Wildman–Crippen LogP) is 4.23. The lowest BCUT2D eigenvalue weighted by Crippen LogP contribution is -2.39. The smallest absolute Gasteiger partial charge is 0.189 e. The third-order valence-electron chi connectivity index (χ3n) is 5.06. The molecule has 3 rings (SSSR count). The molecule has 5 nitrogen and oxygen atoms in total. The summed E-state index contributed by atoms with van der Waals surface area (Å²) < 4.78 is 1.98. The number of para-hydroxylation sites is 1. The van der Waals surface area contributed by atoms with Gasteiger partial charge >= 0.3 is 0 Å². The van der Waals surface area contributed by atoms with E-state index in [1.165, 1.54) is 38.5 Å². The number of benzene rings is 1. The second-order valence-corrected chi connectivity index (χ2v) is 6.93. The maximum Gasteiger partial charge on any atom is 0.189 e. The highest BCUT2D eigenvalue weighted by atomic mass is 127. The molecule has 1 fully saturated rings. The number of nitrogens with zero attached hydrogens (tertiary/aromatic N) is 3. The van der Waals surface area contributed by atoms with E-state index in [0.717, 1.165) is 22.6 Å². The van der Waals surface area contributed by atoms with Crippen LogP contribution in [0.4, 0.5) is 0 Å². The van der Waals surface area contributed by atoms with Crippen LogP contribution in [0.3, 0.4) is 0 Å². The number of nitrogens with two attached hydrogens (primary N) is 1. The van der Waals surface area contributed by atoms with Crippen LogP contribution in [0, 0.1) is 13.8 Å². The highest BCUT2D eigenvalue weighted by Crippen LogP contribution is 2.19. The molecular weight excluding hydrogens is 437 g/mol. The van der Waals surface area contributed by atoms with Crippen molar-refractivity contribution in [2.45, 2.75) is 65.0 Å². The summed E-state index contributed by atoms with van der Waals surface area (Å²) in [6.07, 6.45) is 7.64. The summed E-state index contributed by atoms with van der Waals surface area (Å²) >= 11 is 0. The van der Waals surface area contributed by atoms with Crippen LogP contribution >= 0.6 is 24.0 Å². The molecule has 6 heteroatoms. The molecule has 0 spiro atoms. The number of hydrogen-bond donors (Lipinski definition) is 2. The van der Waals surface area contributed by atoms with Crippen molar-refractivity contribution in [3.05, 3.63) is 47.3 Å². The molecule has 0 atom stereocenters. The lowest BCUT2D eigenvalue weighted by molar-refractivity contribution is 0.530. The molecule has 3 N–H and O–H groups in total. The zero-order chi connectivity index (χ0) is 17.6. The van der Waals surface area contributed by atoms with E-state index >= 15 is 0 Å². The minimum atomic E-state index is 0. The fourth-order valence-corrected chi connectivity index (χ4v) is 3.57. The summed E-state index contributed by atoms with van der Waals surface area (Å²) in [6, 6.07) is 10.7. The molecule has 2 aromatic rings. The van der Waals surface area contributed by atoms with E-state index in [9.17, 15) is 0 Å². The highest BCUT2D eigenvalue weighted by molar-refractivity contribution is 14.0. The van der Waals surface area contributed by atoms with Crippen molar-refractivity contribution in [3.63, 3.8) is 0 Å². The third-order valence-corrected chi connectivity index (χ3v) is 5.06. The Bertz CT molecular complexity index is 715. The van der Waals surface area contributed by atoms with E-state index in [0.29, 0.717) is 18.5 Å². The minimum absolute atomic E-state index is 0. The van der Waals surface area contributed by atoms with E-state index in [2.05, 4.69) is 34.5 Å². The van der Waals surface area contributed by atoms with Gasteiger partial charge in [0.05, 0.1) is 17.9 Å². The second-order valence-electron chi connectivity index (χ2n) is 6.93. The summed E-state index contributed by atoms with van der Waals surface area (Å²) in [5, 5.41) is 8.08. The van der Waals surface area contributed by atoms with Gasteiger partial charge in [-0.05, 0) is 38.8 Å². The average molecular weight is 467 g/mol. The monoisotopic (exact) mass is 467 g/mol. The van der Waals surface area contributed by atoms with Crippen LogP contribution in [0.1, 0.15) is 55.5 Å². The Kier molecular flexibility index (Phi) is 7.93. The van der Waals surface area contributed by atoms with Gasteiger partial charge in [-0.1, -0.05) is 43.9 Å². The normalized spacial score (nSPS) is 16.0. The molecule has 1 aromatic heterocycles. The topological polar surface area (TPSA) is 68.2 Å². The molecule has 142 valence electrons. The zero-order valence-corrected chi connectivity index (χ0v) is 18.1. The highest BCUT2D eigenvalue weighted by Gasteiger charge is 2.14. The first-order valence-corrected chi connectivity index (χ1v) is 9.32. The predicted molar refractivity (Wildman–Crippen MR) is 118 cm³/mol. The van der Waals surface area contributed by atoms with Gasteiger partial charge in [0.25, 0.3) is 0 Å². The Hall–Kier alpha value is -1.57. The number of aliphatic imine (C=N–C) groups is 1. The van der Waals surface area contributed by atoms with Gasteiger partial charge in [-0.3, -0.25) is 0 Å². The number of guanidine groups is 1. The number of hydrogen-bond acceptors (Lipinski definition) is 2. The van der Waals surface area contributed by atoms with Gasteiger partial charge in [0.2, 0.25) is 0 Å². The van der Waals surface area contributed by atoms with Crippen molar-refractivity contribution in [2.24, 2.45) is 10.7 Å². The second kappa shape index (κ2) is 9.94. The van der Waals surface area contributed by atoms with Crippen molar-refractivity contribution in [1.82, 2.24) is 15.1 Å². The van der Waals surface area contributed by atoms with Gasteiger partial charge in [0.1, 0.15) is 0 Å². The van der Waals surface area contributed by atoms with Gasteiger partial charge in [-0.15, -0.1) is 24.0 Å². The van der Waals surface area contributed by atoms with Gasteiger partial charge in [0, 0.05) is 17.3 Å². The Morgan fingerprint density at radius 2 is 1.81 bits per heavy atom. The third kappa shape index (κ3) is 5.22. The molecule has 1 saturated carbocycles. The van der Waals surface area contributed by atoms with Crippen LogP contribution in [-0.4, -0.2) is 21.8 Å². The first-order valence-electron chi connectivity index (χ1n) is 9.32. The molecule has 1 heterocycles. The first kappa shape index (κ1) is 20.7. The van der Waals surface area contributed by atoms with Crippen LogP contribution in [-0.2, 0) is 6.54 Å². The summed E-state index contributed by atoms with van der Waals surface area (Å²) in [6.45, 7) is 4.69. The molecule has 0 saturated heterocycles. The molecule has 26 heavy (non-hydrogen) atoms. The van der Waals surface area contributed by atoms with Gasteiger partial charge in [-0.25, -0.2) is 9.67 Å². The molecule has 1 aromatic carbocycles. The number of rotatable bonds is 4. The van der Waals surface area contributed by atoms with Crippen LogP contribution in [0.25, 0.3) is 5.69 Å². The quantitative estimate of drug-likeness (QED) is 0.306. The largest absolute Gasteiger partial charge is 0.370 e. The summed E-state index contributed by atoms with van der Waals surface area (Å²) in [7, 11) is 0. The fourth-order valence-electron chi connectivity index (χ4n) is 3.57. The number of aromatic nitrogens is 2. The van der Waals surface area contributed by atoms with Crippen molar-refractivity contribution in [1.29, 1.82) is 0 Å². The minimum Gasteiger partial charge on any atom is -0.370 e.